The van der Waals surface area contributed by atoms with Crippen LogP contribution in [-0.4, -0.2) is 33.7 Å². The smallest absolute Gasteiger partial charge is 0.407 e. The molecule has 1 amide bonds. The van der Waals surface area contributed by atoms with E-state index in [0.717, 1.165) is 32.2 Å². The normalized spacial score (nSPS) is 26.6. The fourth-order valence-corrected chi connectivity index (χ4v) is 3.77. The molecule has 0 radical (unpaired) electrons. The van der Waals surface area contributed by atoms with Crippen LogP contribution in [0.3, 0.4) is 0 Å². The summed E-state index contributed by atoms with van der Waals surface area (Å²) in [6, 6.07) is 0.123. The molecule has 22 heavy (non-hydrogen) atoms. The van der Waals surface area contributed by atoms with E-state index in [0.29, 0.717) is 24.4 Å². The molecular weight excluding hydrogens is 280 g/mol. The number of hydrogen-bond acceptors (Lipinski definition) is 4. The number of carbonyl (C=O) groups excluding carboxylic acids is 1. The minimum Gasteiger partial charge on any atom is -0.449 e. The SMILES string of the molecule is CCn1nnc2c1CC[C@H]1C(CC2)[C@H]1COC(=O)NC(C)C. The Morgan fingerprint density at radius 3 is 2.77 bits per heavy atom. The lowest BCUT2D eigenvalue weighted by atomic mass is 10.0. The van der Waals surface area contributed by atoms with Crippen molar-refractivity contribution >= 4 is 6.09 Å². The van der Waals surface area contributed by atoms with E-state index >= 15 is 0 Å². The third-order valence-electron chi connectivity index (χ3n) is 4.97. The van der Waals surface area contributed by atoms with Gasteiger partial charge in [0.1, 0.15) is 0 Å². The number of hydrogen-bond donors (Lipinski definition) is 1. The maximum atomic E-state index is 11.6. The van der Waals surface area contributed by atoms with Gasteiger partial charge in [0.2, 0.25) is 0 Å². The number of alkyl carbamates (subject to hydrolysis) is 1. The monoisotopic (exact) mass is 306 g/mol. The molecule has 1 aromatic rings. The third-order valence-corrected chi connectivity index (χ3v) is 4.97. The standard InChI is InChI=1S/C16H26N4O2/c1-4-20-15-8-6-12-11(5-7-14(15)18-19-20)13(12)9-22-16(21)17-10(2)3/h10-13H,4-9H2,1-3H3,(H,17,21)/t11?,12-,13+/m0/s1. The highest BCUT2D eigenvalue weighted by Crippen LogP contribution is 2.52. The van der Waals surface area contributed by atoms with Crippen molar-refractivity contribution in [3.8, 4) is 0 Å². The average molecular weight is 306 g/mol. The summed E-state index contributed by atoms with van der Waals surface area (Å²) in [7, 11) is 0. The highest BCUT2D eigenvalue weighted by molar-refractivity contribution is 5.67. The summed E-state index contributed by atoms with van der Waals surface area (Å²) in [6.07, 6.45) is 4.06. The second-order valence-corrected chi connectivity index (χ2v) is 6.77. The molecule has 1 unspecified atom stereocenters. The van der Waals surface area contributed by atoms with E-state index in [1.807, 2.05) is 18.5 Å². The van der Waals surface area contributed by atoms with Gasteiger partial charge in [0.15, 0.2) is 0 Å². The largest absolute Gasteiger partial charge is 0.449 e. The topological polar surface area (TPSA) is 69.0 Å². The van der Waals surface area contributed by atoms with E-state index in [2.05, 4.69) is 22.6 Å². The van der Waals surface area contributed by atoms with Crippen LogP contribution < -0.4 is 5.32 Å². The summed E-state index contributed by atoms with van der Waals surface area (Å²) in [5.41, 5.74) is 2.48. The van der Waals surface area contributed by atoms with Crippen LogP contribution in [0, 0.1) is 17.8 Å². The predicted octanol–water partition coefficient (Wildman–Crippen LogP) is 2.17. The fourth-order valence-electron chi connectivity index (χ4n) is 3.77. The Bertz CT molecular complexity index is 540. The molecule has 0 bridgehead atoms. The Hall–Kier alpha value is -1.59. The van der Waals surface area contributed by atoms with Crippen molar-refractivity contribution in [2.75, 3.05) is 6.61 Å². The van der Waals surface area contributed by atoms with Crippen LogP contribution in [0.25, 0.3) is 0 Å². The first-order valence-electron chi connectivity index (χ1n) is 8.44. The van der Waals surface area contributed by atoms with Gasteiger partial charge in [-0.2, -0.15) is 0 Å². The number of nitrogens with one attached hydrogen (secondary N) is 1. The van der Waals surface area contributed by atoms with E-state index in [1.54, 1.807) is 0 Å². The van der Waals surface area contributed by atoms with Crippen LogP contribution >= 0.6 is 0 Å². The van der Waals surface area contributed by atoms with Crippen LogP contribution in [0.1, 0.15) is 45.0 Å². The molecular formula is C16H26N4O2. The van der Waals surface area contributed by atoms with E-state index in [1.165, 1.54) is 11.4 Å². The number of fused-ring (bicyclic) bond motifs is 2. The summed E-state index contributed by atoms with van der Waals surface area (Å²) < 4.78 is 7.40. The van der Waals surface area contributed by atoms with Gasteiger partial charge in [0.05, 0.1) is 18.0 Å². The number of rotatable bonds is 4. The van der Waals surface area contributed by atoms with Crippen molar-refractivity contribution in [3.05, 3.63) is 11.4 Å². The first kappa shape index (κ1) is 15.3. The third kappa shape index (κ3) is 3.10. The second-order valence-electron chi connectivity index (χ2n) is 6.77. The van der Waals surface area contributed by atoms with Crippen molar-refractivity contribution < 1.29 is 9.53 Å². The Balaban J connectivity index is 1.53. The molecule has 6 heteroatoms. The zero-order chi connectivity index (χ0) is 15.7. The van der Waals surface area contributed by atoms with Crippen LogP contribution in [0.15, 0.2) is 0 Å². The molecule has 0 aromatic carbocycles. The Kier molecular flexibility index (Phi) is 4.36. The molecule has 3 rings (SSSR count). The second kappa shape index (κ2) is 6.26. The minimum atomic E-state index is -0.291. The molecule has 0 saturated heterocycles. The lowest BCUT2D eigenvalue weighted by Gasteiger charge is -2.09. The molecule has 1 N–H and O–H groups in total. The van der Waals surface area contributed by atoms with Crippen LogP contribution in [0.4, 0.5) is 4.79 Å². The van der Waals surface area contributed by atoms with Gasteiger partial charge in [-0.3, -0.25) is 0 Å². The molecule has 0 aliphatic heterocycles. The minimum absolute atomic E-state index is 0.123. The maximum Gasteiger partial charge on any atom is 0.407 e. The summed E-state index contributed by atoms with van der Waals surface area (Å²) in [4.78, 5) is 11.6. The number of amides is 1. The van der Waals surface area contributed by atoms with E-state index in [4.69, 9.17) is 4.74 Å². The lowest BCUT2D eigenvalue weighted by molar-refractivity contribution is 0.135. The molecule has 1 heterocycles. The zero-order valence-electron chi connectivity index (χ0n) is 13.7. The highest BCUT2D eigenvalue weighted by atomic mass is 16.5. The first-order chi connectivity index (χ1) is 10.6. The van der Waals surface area contributed by atoms with Gasteiger partial charge in [-0.25, -0.2) is 9.48 Å². The van der Waals surface area contributed by atoms with Gasteiger partial charge < -0.3 is 10.1 Å². The highest BCUT2D eigenvalue weighted by Gasteiger charge is 2.50. The lowest BCUT2D eigenvalue weighted by Crippen LogP contribution is -2.31. The van der Waals surface area contributed by atoms with Crippen molar-refractivity contribution in [3.63, 3.8) is 0 Å². The first-order valence-corrected chi connectivity index (χ1v) is 8.44. The Labute approximate surface area is 131 Å². The number of aryl methyl sites for hydroxylation is 2. The Morgan fingerprint density at radius 1 is 1.36 bits per heavy atom. The van der Waals surface area contributed by atoms with Gasteiger partial charge in [-0.15, -0.1) is 5.10 Å². The fraction of sp³-hybridized carbons (Fsp3) is 0.812. The Morgan fingerprint density at radius 2 is 2.09 bits per heavy atom. The van der Waals surface area contributed by atoms with Crippen molar-refractivity contribution in [1.29, 1.82) is 0 Å². The quantitative estimate of drug-likeness (QED) is 0.925. The van der Waals surface area contributed by atoms with Crippen LogP contribution in [0.5, 0.6) is 0 Å². The number of nitrogens with zero attached hydrogens (tertiary/aromatic N) is 3. The number of carbonyl (C=O) groups is 1. The zero-order valence-corrected chi connectivity index (χ0v) is 13.7. The predicted molar refractivity (Wildman–Crippen MR) is 82.4 cm³/mol. The van der Waals surface area contributed by atoms with Crippen molar-refractivity contribution in [2.24, 2.45) is 17.8 Å². The van der Waals surface area contributed by atoms with Crippen molar-refractivity contribution in [2.45, 2.75) is 59.0 Å². The molecule has 122 valence electrons. The summed E-state index contributed by atoms with van der Waals surface area (Å²) in [5, 5.41) is 11.3. The average Bonchev–Trinajstić information content (AvgIpc) is 2.95. The summed E-state index contributed by atoms with van der Waals surface area (Å²) in [6.45, 7) is 7.43. The van der Waals surface area contributed by atoms with Gasteiger partial charge in [-0.1, -0.05) is 5.21 Å². The van der Waals surface area contributed by atoms with E-state index < -0.39 is 0 Å². The van der Waals surface area contributed by atoms with E-state index in [9.17, 15) is 4.79 Å². The number of ether oxygens (including phenoxy) is 1. The van der Waals surface area contributed by atoms with E-state index in [-0.39, 0.29) is 12.1 Å². The summed E-state index contributed by atoms with van der Waals surface area (Å²) in [5.74, 6) is 1.91. The van der Waals surface area contributed by atoms with Crippen LogP contribution in [0.2, 0.25) is 0 Å². The molecule has 3 atom stereocenters. The van der Waals surface area contributed by atoms with Crippen LogP contribution in [-0.2, 0) is 24.1 Å². The van der Waals surface area contributed by atoms with Gasteiger partial charge in [0, 0.05) is 12.6 Å². The molecule has 2 aliphatic carbocycles. The van der Waals surface area contributed by atoms with Gasteiger partial charge in [0.25, 0.3) is 0 Å². The molecule has 1 fully saturated rings. The number of aromatic nitrogens is 3. The van der Waals surface area contributed by atoms with Gasteiger partial charge in [-0.05, 0) is 64.2 Å². The molecule has 0 spiro atoms. The molecule has 1 saturated carbocycles. The maximum absolute atomic E-state index is 11.6. The molecule has 2 aliphatic rings. The van der Waals surface area contributed by atoms with Gasteiger partial charge >= 0.3 is 6.09 Å². The van der Waals surface area contributed by atoms with Crippen molar-refractivity contribution in [1.82, 2.24) is 20.3 Å². The molecule has 6 nitrogen and oxygen atoms in total. The summed E-state index contributed by atoms with van der Waals surface area (Å²) >= 11 is 0. The molecule has 1 aromatic heterocycles.